The summed E-state index contributed by atoms with van der Waals surface area (Å²) < 4.78 is 0. The Morgan fingerprint density at radius 1 is 1.35 bits per heavy atom. The second kappa shape index (κ2) is 8.51. The summed E-state index contributed by atoms with van der Waals surface area (Å²) in [4.78, 5) is 11.6. The van der Waals surface area contributed by atoms with Gasteiger partial charge in [-0.1, -0.05) is 33.1 Å². The molecule has 0 aliphatic rings. The quantitative estimate of drug-likeness (QED) is 0.653. The van der Waals surface area contributed by atoms with Crippen molar-refractivity contribution >= 4 is 5.91 Å². The second-order valence-corrected chi connectivity index (χ2v) is 5.71. The first kappa shape index (κ1) is 16.4. The number of nitrogens with two attached hydrogens (primary N) is 1. The molecule has 0 aliphatic carbocycles. The minimum Gasteiger partial charge on any atom is -0.356 e. The van der Waals surface area contributed by atoms with Crippen LogP contribution < -0.4 is 11.1 Å². The molecule has 0 spiro atoms. The van der Waals surface area contributed by atoms with Gasteiger partial charge in [0.25, 0.3) is 0 Å². The van der Waals surface area contributed by atoms with E-state index in [1.807, 2.05) is 13.8 Å². The van der Waals surface area contributed by atoms with E-state index < -0.39 is 0 Å². The number of amides is 1. The first-order valence-electron chi connectivity index (χ1n) is 6.94. The highest BCUT2D eigenvalue weighted by molar-refractivity contribution is 5.75. The molecule has 102 valence electrons. The Labute approximate surface area is 107 Å². The Morgan fingerprint density at radius 3 is 2.47 bits per heavy atom. The molecule has 0 saturated heterocycles. The van der Waals surface area contributed by atoms with Gasteiger partial charge < -0.3 is 11.1 Å². The van der Waals surface area contributed by atoms with E-state index >= 15 is 0 Å². The molecule has 1 amide bonds. The molecule has 0 rings (SSSR count). The summed E-state index contributed by atoms with van der Waals surface area (Å²) in [6.45, 7) is 9.12. The zero-order chi connectivity index (χ0) is 13.3. The maximum absolute atomic E-state index is 11.6. The zero-order valence-electron chi connectivity index (χ0n) is 12.0. The van der Waals surface area contributed by atoms with Crippen LogP contribution in [0.4, 0.5) is 0 Å². The third-order valence-corrected chi connectivity index (χ3v) is 3.13. The number of carbonyl (C=O) groups is 1. The largest absolute Gasteiger partial charge is 0.356 e. The van der Waals surface area contributed by atoms with Crippen LogP contribution in [0.3, 0.4) is 0 Å². The van der Waals surface area contributed by atoms with Crippen LogP contribution in [0, 0.1) is 5.92 Å². The summed E-state index contributed by atoms with van der Waals surface area (Å²) in [5.41, 5.74) is 5.61. The van der Waals surface area contributed by atoms with Gasteiger partial charge >= 0.3 is 0 Å². The molecule has 0 aromatic rings. The topological polar surface area (TPSA) is 55.1 Å². The van der Waals surface area contributed by atoms with E-state index in [9.17, 15) is 4.79 Å². The minimum atomic E-state index is -0.246. The van der Waals surface area contributed by atoms with E-state index in [2.05, 4.69) is 19.2 Å². The summed E-state index contributed by atoms with van der Waals surface area (Å²) in [6, 6.07) is 0. The van der Waals surface area contributed by atoms with Crippen molar-refractivity contribution in [1.29, 1.82) is 0 Å². The van der Waals surface area contributed by atoms with Crippen LogP contribution in [-0.2, 0) is 4.79 Å². The molecule has 0 heterocycles. The second-order valence-electron chi connectivity index (χ2n) is 5.71. The van der Waals surface area contributed by atoms with Crippen molar-refractivity contribution in [2.45, 2.75) is 71.8 Å². The van der Waals surface area contributed by atoms with E-state index in [-0.39, 0.29) is 11.4 Å². The average Bonchev–Trinajstić information content (AvgIpc) is 2.25. The SMILES string of the molecule is CCCCC(CC)CNC(=O)CCC(C)(C)N. The molecule has 0 bridgehead atoms. The van der Waals surface area contributed by atoms with Crippen LogP contribution >= 0.6 is 0 Å². The monoisotopic (exact) mass is 242 g/mol. The van der Waals surface area contributed by atoms with Crippen LogP contribution in [0.2, 0.25) is 0 Å². The Morgan fingerprint density at radius 2 is 2.00 bits per heavy atom. The van der Waals surface area contributed by atoms with Crippen LogP contribution in [-0.4, -0.2) is 18.0 Å². The summed E-state index contributed by atoms with van der Waals surface area (Å²) >= 11 is 0. The predicted molar refractivity (Wildman–Crippen MR) is 73.8 cm³/mol. The summed E-state index contributed by atoms with van der Waals surface area (Å²) in [5.74, 6) is 0.767. The lowest BCUT2D eigenvalue weighted by molar-refractivity contribution is -0.121. The van der Waals surface area contributed by atoms with E-state index in [1.165, 1.54) is 19.3 Å². The minimum absolute atomic E-state index is 0.137. The molecule has 0 aromatic heterocycles. The van der Waals surface area contributed by atoms with Crippen molar-refractivity contribution in [3.8, 4) is 0 Å². The molecule has 3 nitrogen and oxygen atoms in total. The molecule has 0 aliphatic heterocycles. The fourth-order valence-corrected chi connectivity index (χ4v) is 1.73. The molecule has 1 unspecified atom stereocenters. The maximum Gasteiger partial charge on any atom is 0.220 e. The van der Waals surface area contributed by atoms with Gasteiger partial charge in [0, 0.05) is 18.5 Å². The van der Waals surface area contributed by atoms with Crippen molar-refractivity contribution in [3.05, 3.63) is 0 Å². The summed E-state index contributed by atoms with van der Waals surface area (Å²) in [6.07, 6.45) is 6.12. The molecular weight excluding hydrogens is 212 g/mol. The van der Waals surface area contributed by atoms with Gasteiger partial charge in [-0.2, -0.15) is 0 Å². The smallest absolute Gasteiger partial charge is 0.220 e. The Bertz CT molecular complexity index is 209. The number of unbranched alkanes of at least 4 members (excludes halogenated alkanes) is 1. The number of hydrogen-bond acceptors (Lipinski definition) is 2. The molecule has 3 heteroatoms. The van der Waals surface area contributed by atoms with Crippen molar-refractivity contribution in [2.75, 3.05) is 6.54 Å². The normalized spacial score (nSPS) is 13.5. The van der Waals surface area contributed by atoms with Crippen molar-refractivity contribution in [2.24, 2.45) is 11.7 Å². The average molecular weight is 242 g/mol. The molecule has 0 fully saturated rings. The lowest BCUT2D eigenvalue weighted by Gasteiger charge is -2.19. The third kappa shape index (κ3) is 10.3. The van der Waals surface area contributed by atoms with Gasteiger partial charge in [-0.15, -0.1) is 0 Å². The van der Waals surface area contributed by atoms with Gasteiger partial charge in [0.05, 0.1) is 0 Å². The lowest BCUT2D eigenvalue weighted by Crippen LogP contribution is -2.35. The van der Waals surface area contributed by atoms with E-state index in [0.717, 1.165) is 19.4 Å². The predicted octanol–water partition coefficient (Wildman–Crippen LogP) is 2.84. The molecule has 17 heavy (non-hydrogen) atoms. The maximum atomic E-state index is 11.6. The van der Waals surface area contributed by atoms with Gasteiger partial charge in [0.1, 0.15) is 0 Å². The number of carbonyl (C=O) groups excluding carboxylic acids is 1. The molecule has 0 saturated carbocycles. The number of hydrogen-bond donors (Lipinski definition) is 2. The highest BCUT2D eigenvalue weighted by Crippen LogP contribution is 2.12. The standard InChI is InChI=1S/C14H30N2O/c1-5-7-8-12(6-2)11-16-13(17)9-10-14(3,4)15/h12H,5-11,15H2,1-4H3,(H,16,17). The summed E-state index contributed by atoms with van der Waals surface area (Å²) in [5, 5.41) is 3.02. The van der Waals surface area contributed by atoms with Crippen molar-refractivity contribution in [3.63, 3.8) is 0 Å². The number of nitrogens with one attached hydrogen (secondary N) is 1. The van der Waals surface area contributed by atoms with Gasteiger partial charge in [0.15, 0.2) is 0 Å². The van der Waals surface area contributed by atoms with Gasteiger partial charge in [-0.3, -0.25) is 4.79 Å². The van der Waals surface area contributed by atoms with Gasteiger partial charge in [-0.05, 0) is 32.6 Å². The molecule has 3 N–H and O–H groups in total. The van der Waals surface area contributed by atoms with Crippen LogP contribution in [0.1, 0.15) is 66.2 Å². The van der Waals surface area contributed by atoms with E-state index in [4.69, 9.17) is 5.73 Å². The molecule has 0 radical (unpaired) electrons. The fourth-order valence-electron chi connectivity index (χ4n) is 1.73. The van der Waals surface area contributed by atoms with Crippen LogP contribution in [0.15, 0.2) is 0 Å². The molecular formula is C14H30N2O. The Hall–Kier alpha value is -0.570. The first-order chi connectivity index (χ1) is 7.89. The van der Waals surface area contributed by atoms with Crippen LogP contribution in [0.25, 0.3) is 0 Å². The van der Waals surface area contributed by atoms with Crippen molar-refractivity contribution < 1.29 is 4.79 Å². The fraction of sp³-hybridized carbons (Fsp3) is 0.929. The van der Waals surface area contributed by atoms with Gasteiger partial charge in [-0.25, -0.2) is 0 Å². The Balaban J connectivity index is 3.73. The lowest BCUT2D eigenvalue weighted by atomic mass is 9.98. The molecule has 0 aromatic carbocycles. The van der Waals surface area contributed by atoms with Gasteiger partial charge in [0.2, 0.25) is 5.91 Å². The highest BCUT2D eigenvalue weighted by Gasteiger charge is 2.14. The first-order valence-corrected chi connectivity index (χ1v) is 6.94. The van der Waals surface area contributed by atoms with Crippen LogP contribution in [0.5, 0.6) is 0 Å². The van der Waals surface area contributed by atoms with E-state index in [0.29, 0.717) is 12.3 Å². The third-order valence-electron chi connectivity index (χ3n) is 3.13. The molecule has 1 atom stereocenters. The Kier molecular flexibility index (Phi) is 8.23. The summed E-state index contributed by atoms with van der Waals surface area (Å²) in [7, 11) is 0. The van der Waals surface area contributed by atoms with Crippen molar-refractivity contribution in [1.82, 2.24) is 5.32 Å². The highest BCUT2D eigenvalue weighted by atomic mass is 16.1. The number of rotatable bonds is 9. The van der Waals surface area contributed by atoms with E-state index in [1.54, 1.807) is 0 Å². The zero-order valence-corrected chi connectivity index (χ0v) is 12.0.